The maximum Gasteiger partial charge on any atom is 0.404 e. The third-order valence-electron chi connectivity index (χ3n) is 3.22. The van der Waals surface area contributed by atoms with Gasteiger partial charge in [0.15, 0.2) is 10.8 Å². The third kappa shape index (κ3) is 5.27. The Bertz CT molecular complexity index is 783. The summed E-state index contributed by atoms with van der Waals surface area (Å²) >= 11 is 6.45. The molecule has 0 aromatic carbocycles. The monoisotopic (exact) mass is 418 g/mol. The molecule has 0 radical (unpaired) electrons. The molecule has 1 aromatic rings. The molecule has 2 atom stereocenters. The minimum atomic E-state index is -1.00. The molecule has 2 heterocycles. The predicted molar refractivity (Wildman–Crippen MR) is 94.4 cm³/mol. The molecule has 1 fully saturated rings. The Morgan fingerprint density at radius 2 is 2.22 bits per heavy atom. The van der Waals surface area contributed by atoms with Crippen LogP contribution < -0.4 is 21.7 Å². The lowest BCUT2D eigenvalue weighted by atomic mass is 9.99. The fourth-order valence-electron chi connectivity index (χ4n) is 2.02. The smallest absolute Gasteiger partial charge is 0.404 e. The topological polar surface area (TPSA) is 174 Å². The van der Waals surface area contributed by atoms with E-state index in [1.54, 1.807) is 0 Å². The van der Waals surface area contributed by atoms with Crippen molar-refractivity contribution in [2.45, 2.75) is 12.1 Å². The fourth-order valence-corrected chi connectivity index (χ4v) is 2.79. The molecule has 1 aromatic heterocycles. The quantitative estimate of drug-likeness (QED) is 0.176. The summed E-state index contributed by atoms with van der Waals surface area (Å²) < 4.78 is 4.61. The molecule has 14 heteroatoms. The van der Waals surface area contributed by atoms with Crippen LogP contribution in [0.3, 0.4) is 0 Å². The number of carbonyl (C=O) groups is 4. The average Bonchev–Trinajstić information content (AvgIpc) is 3.08. The van der Waals surface area contributed by atoms with E-state index in [-0.39, 0.29) is 29.0 Å². The zero-order chi connectivity index (χ0) is 20.0. The first-order valence-electron chi connectivity index (χ1n) is 7.32. The van der Waals surface area contributed by atoms with Crippen molar-refractivity contribution in [3.05, 3.63) is 11.1 Å². The van der Waals surface area contributed by atoms with Gasteiger partial charge in [-0.15, -0.1) is 22.9 Å². The molecule has 0 spiro atoms. The van der Waals surface area contributed by atoms with Crippen LogP contribution in [-0.4, -0.2) is 66.2 Å². The Morgan fingerprint density at radius 3 is 2.81 bits per heavy atom. The van der Waals surface area contributed by atoms with Gasteiger partial charge < -0.3 is 31.3 Å². The van der Waals surface area contributed by atoms with Crippen molar-refractivity contribution < 1.29 is 28.8 Å². The van der Waals surface area contributed by atoms with Crippen LogP contribution in [0.1, 0.15) is 5.69 Å². The number of thiazole rings is 1. The van der Waals surface area contributed by atoms with Crippen LogP contribution in [0.4, 0.5) is 9.93 Å². The van der Waals surface area contributed by atoms with Gasteiger partial charge in [0.05, 0.1) is 6.04 Å². The second kappa shape index (κ2) is 9.14. The third-order valence-corrected chi connectivity index (χ3v) is 4.22. The number of hydrogen-bond donors (Lipinski definition) is 4. The van der Waals surface area contributed by atoms with E-state index in [2.05, 4.69) is 35.7 Å². The Kier molecular flexibility index (Phi) is 6.90. The maximum atomic E-state index is 12.5. The van der Waals surface area contributed by atoms with Crippen molar-refractivity contribution in [1.29, 1.82) is 0 Å². The Hall–Kier alpha value is -2.93. The zero-order valence-corrected chi connectivity index (χ0v) is 15.4. The predicted octanol–water partition coefficient (Wildman–Crippen LogP) is -1.25. The summed E-state index contributed by atoms with van der Waals surface area (Å²) in [4.78, 5) is 54.8. The molecule has 0 aliphatic carbocycles. The van der Waals surface area contributed by atoms with E-state index in [4.69, 9.17) is 17.3 Å². The molecule has 27 heavy (non-hydrogen) atoms. The van der Waals surface area contributed by atoms with Crippen molar-refractivity contribution in [1.82, 2.24) is 15.6 Å². The standard InChI is InChI=1S/C13H15ClN6O6S/c1-25-20-9(6-4-27-13(17-6)18-7(21)2-14)11(23)19-8-5(16-10(8)22)3-26-12(15)24/h4-5,8H,2-3H2,1H3,(H2,15,24)(H,16,22)(H,19,23)(H,17,18,21)/b20-9-/t5-,8+/m0/s1. The molecule has 146 valence electrons. The first kappa shape index (κ1) is 20.4. The number of β-lactam (4-membered cyclic amide) rings is 1. The minimum Gasteiger partial charge on any atom is -0.447 e. The van der Waals surface area contributed by atoms with Crippen LogP contribution in [0.2, 0.25) is 0 Å². The number of hydrogen-bond acceptors (Lipinski definition) is 9. The number of ether oxygens (including phenoxy) is 1. The molecule has 1 aliphatic rings. The molecular formula is C13H15ClN6O6S. The van der Waals surface area contributed by atoms with Gasteiger partial charge in [-0.1, -0.05) is 5.16 Å². The number of anilines is 1. The summed E-state index contributed by atoms with van der Waals surface area (Å²) in [6.45, 7) is -0.200. The number of nitrogens with zero attached hydrogens (tertiary/aromatic N) is 2. The highest BCUT2D eigenvalue weighted by molar-refractivity contribution is 7.14. The van der Waals surface area contributed by atoms with E-state index in [9.17, 15) is 19.2 Å². The summed E-state index contributed by atoms with van der Waals surface area (Å²) in [6.07, 6.45) is -1.00. The number of amides is 4. The molecule has 0 saturated carbocycles. The van der Waals surface area contributed by atoms with Gasteiger partial charge in [-0.05, 0) is 0 Å². The fraction of sp³-hybridized carbons (Fsp3) is 0.385. The van der Waals surface area contributed by atoms with Crippen LogP contribution in [0.15, 0.2) is 10.5 Å². The van der Waals surface area contributed by atoms with Crippen molar-refractivity contribution >= 4 is 57.6 Å². The number of nitrogens with two attached hydrogens (primary N) is 1. The lowest BCUT2D eigenvalue weighted by molar-refractivity contribution is -0.135. The van der Waals surface area contributed by atoms with E-state index in [0.29, 0.717) is 0 Å². The number of carbonyl (C=O) groups excluding carboxylic acids is 4. The molecule has 0 bridgehead atoms. The summed E-state index contributed by atoms with van der Waals surface area (Å²) in [7, 11) is 1.23. The lowest BCUT2D eigenvalue weighted by Crippen LogP contribution is -2.71. The summed E-state index contributed by atoms with van der Waals surface area (Å²) in [5.41, 5.74) is 4.78. The van der Waals surface area contributed by atoms with Gasteiger partial charge in [-0.25, -0.2) is 9.78 Å². The van der Waals surface area contributed by atoms with Crippen LogP contribution in [0.5, 0.6) is 0 Å². The molecule has 2 rings (SSSR count). The Morgan fingerprint density at radius 1 is 1.48 bits per heavy atom. The number of alkyl halides is 1. The van der Waals surface area contributed by atoms with Crippen LogP contribution in [-0.2, 0) is 24.0 Å². The maximum absolute atomic E-state index is 12.5. The molecule has 1 saturated heterocycles. The zero-order valence-electron chi connectivity index (χ0n) is 13.9. The van der Waals surface area contributed by atoms with Gasteiger partial charge in [0.25, 0.3) is 5.91 Å². The van der Waals surface area contributed by atoms with Gasteiger partial charge in [0, 0.05) is 5.38 Å². The van der Waals surface area contributed by atoms with Crippen molar-refractivity contribution in [3.8, 4) is 0 Å². The highest BCUT2D eigenvalue weighted by atomic mass is 35.5. The first-order chi connectivity index (χ1) is 12.8. The number of oxime groups is 1. The van der Waals surface area contributed by atoms with Gasteiger partial charge in [0.1, 0.15) is 31.3 Å². The van der Waals surface area contributed by atoms with E-state index in [0.717, 1.165) is 11.3 Å². The Balaban J connectivity index is 2.07. The number of nitrogens with one attached hydrogen (secondary N) is 3. The Labute approximate surface area is 161 Å². The summed E-state index contributed by atoms with van der Waals surface area (Å²) in [5, 5.41) is 12.6. The van der Waals surface area contributed by atoms with Crippen molar-refractivity contribution in [3.63, 3.8) is 0 Å². The minimum absolute atomic E-state index is 0.119. The highest BCUT2D eigenvalue weighted by Crippen LogP contribution is 2.17. The number of halogens is 1. The van der Waals surface area contributed by atoms with E-state index in [1.807, 2.05) is 0 Å². The second-order valence-electron chi connectivity index (χ2n) is 5.04. The molecule has 4 amide bonds. The number of rotatable bonds is 8. The molecule has 5 N–H and O–H groups in total. The number of primary amides is 1. The molecular weight excluding hydrogens is 404 g/mol. The van der Waals surface area contributed by atoms with Gasteiger partial charge >= 0.3 is 6.09 Å². The lowest BCUT2D eigenvalue weighted by Gasteiger charge is -2.36. The van der Waals surface area contributed by atoms with Crippen LogP contribution in [0, 0.1) is 0 Å². The van der Waals surface area contributed by atoms with E-state index in [1.165, 1.54) is 12.5 Å². The summed E-state index contributed by atoms with van der Waals surface area (Å²) in [5.74, 6) is -1.93. The largest absolute Gasteiger partial charge is 0.447 e. The SMILES string of the molecule is CO/N=C(\C(=O)N[C@H]1C(=O)N[C@H]1COC(N)=O)c1csc(NC(=O)CCl)n1. The second-order valence-corrected chi connectivity index (χ2v) is 6.16. The average molecular weight is 419 g/mol. The van der Waals surface area contributed by atoms with Crippen molar-refractivity contribution in [2.75, 3.05) is 24.9 Å². The van der Waals surface area contributed by atoms with Gasteiger partial charge in [-0.2, -0.15) is 0 Å². The van der Waals surface area contributed by atoms with Crippen LogP contribution in [0.25, 0.3) is 0 Å². The van der Waals surface area contributed by atoms with Gasteiger partial charge in [0.2, 0.25) is 11.8 Å². The molecule has 12 nitrogen and oxygen atoms in total. The highest BCUT2D eigenvalue weighted by Gasteiger charge is 2.42. The molecule has 1 aliphatic heterocycles. The van der Waals surface area contributed by atoms with E-state index < -0.39 is 35.9 Å². The van der Waals surface area contributed by atoms with E-state index >= 15 is 0 Å². The van der Waals surface area contributed by atoms with Crippen molar-refractivity contribution in [2.24, 2.45) is 10.9 Å². The normalized spacial score (nSPS) is 18.7. The summed E-state index contributed by atoms with van der Waals surface area (Å²) in [6, 6.07) is -1.58. The number of aromatic nitrogens is 1. The first-order valence-corrected chi connectivity index (χ1v) is 8.73. The van der Waals surface area contributed by atoms with Crippen LogP contribution >= 0.6 is 22.9 Å². The van der Waals surface area contributed by atoms with Gasteiger partial charge in [-0.3, -0.25) is 14.4 Å². The molecule has 0 unspecified atom stereocenters.